The van der Waals surface area contributed by atoms with Crippen LogP contribution in [0.4, 0.5) is 5.69 Å². The third kappa shape index (κ3) is 3.49. The molecule has 1 saturated heterocycles. The zero-order valence-electron chi connectivity index (χ0n) is 15.7. The summed E-state index contributed by atoms with van der Waals surface area (Å²) in [7, 11) is -3.39. The number of anilines is 1. The van der Waals surface area contributed by atoms with Crippen LogP contribution >= 0.6 is 0 Å². The molecule has 1 amide bonds. The molecule has 1 fully saturated rings. The number of aromatic nitrogens is 1. The number of carbonyl (C=O) groups is 1. The molecule has 0 saturated carbocycles. The molecule has 0 radical (unpaired) electrons. The van der Waals surface area contributed by atoms with Crippen LogP contribution in [0, 0.1) is 0 Å². The number of amides is 1. The van der Waals surface area contributed by atoms with E-state index in [0.717, 1.165) is 11.1 Å². The van der Waals surface area contributed by atoms with Gasteiger partial charge in [0.05, 0.1) is 18.6 Å². The lowest BCUT2D eigenvalue weighted by molar-refractivity contribution is -0.129. The monoisotopic (exact) mass is 401 g/mol. The normalized spacial score (nSPS) is 23.8. The number of hydrogen-bond donors (Lipinski definition) is 1. The van der Waals surface area contributed by atoms with Crippen molar-refractivity contribution in [2.45, 2.75) is 24.4 Å². The summed E-state index contributed by atoms with van der Waals surface area (Å²) in [4.78, 5) is 16.6. The lowest BCUT2D eigenvalue weighted by Crippen LogP contribution is -2.39. The van der Waals surface area contributed by atoms with Crippen LogP contribution in [-0.2, 0) is 31.4 Å². The highest BCUT2D eigenvalue weighted by Gasteiger charge is 2.52. The molecule has 2 aliphatic rings. The van der Waals surface area contributed by atoms with E-state index < -0.39 is 21.5 Å². The van der Waals surface area contributed by atoms with Gasteiger partial charge in [-0.15, -0.1) is 0 Å². The molecule has 0 unspecified atom stereocenters. The van der Waals surface area contributed by atoms with E-state index >= 15 is 0 Å². The van der Waals surface area contributed by atoms with Crippen molar-refractivity contribution in [3.8, 4) is 0 Å². The van der Waals surface area contributed by atoms with Crippen molar-refractivity contribution >= 4 is 21.6 Å². The van der Waals surface area contributed by atoms with Gasteiger partial charge in [-0.3, -0.25) is 14.1 Å². The van der Waals surface area contributed by atoms with Crippen molar-refractivity contribution in [2.24, 2.45) is 0 Å². The van der Waals surface area contributed by atoms with E-state index in [1.807, 2.05) is 36.4 Å². The predicted molar refractivity (Wildman–Crippen MR) is 106 cm³/mol. The van der Waals surface area contributed by atoms with E-state index in [9.17, 15) is 13.2 Å². The number of rotatable bonds is 5. The number of fused-ring (bicyclic) bond motifs is 2. The predicted octanol–water partition coefficient (Wildman–Crippen LogP) is 1.25. The quantitative estimate of drug-likeness (QED) is 0.815. The van der Waals surface area contributed by atoms with Crippen LogP contribution in [0.3, 0.4) is 0 Å². The second kappa shape index (κ2) is 7.18. The minimum Gasteiger partial charge on any atom is -0.367 e. The Morgan fingerprint density at radius 2 is 2.14 bits per heavy atom. The Morgan fingerprint density at radius 3 is 2.89 bits per heavy atom. The highest BCUT2D eigenvalue weighted by Crippen LogP contribution is 2.48. The van der Waals surface area contributed by atoms with Gasteiger partial charge in [0.25, 0.3) is 0 Å². The smallest absolute Gasteiger partial charge is 0.249 e. The molecule has 4 rings (SSSR count). The molecule has 28 heavy (non-hydrogen) atoms. The number of hydrogen-bond acceptors (Lipinski definition) is 5. The maximum absolute atomic E-state index is 12.6. The molecule has 7 nitrogen and oxygen atoms in total. The van der Waals surface area contributed by atoms with Gasteiger partial charge in [-0.05, 0) is 36.1 Å². The van der Waals surface area contributed by atoms with Crippen molar-refractivity contribution in [3.05, 3.63) is 59.9 Å². The summed E-state index contributed by atoms with van der Waals surface area (Å²) >= 11 is 0. The first-order valence-corrected chi connectivity index (χ1v) is 11.1. The summed E-state index contributed by atoms with van der Waals surface area (Å²) in [6.07, 6.45) is 5.29. The van der Waals surface area contributed by atoms with Crippen LogP contribution in [0.15, 0.2) is 48.8 Å². The standard InChI is InChI=1S/C20H23N3O4S/c1-28(25,26)23-13-20(16-6-2-3-7-17(16)23)11-18(27-14-20)19(24)22-10-8-15-5-4-9-21-12-15/h2-7,9,12,18H,8,10-11,13-14H2,1H3,(H,22,24)/t18-,20-/m0/s1. The van der Waals surface area contributed by atoms with Crippen LogP contribution in [0.25, 0.3) is 0 Å². The Bertz CT molecular complexity index is 980. The van der Waals surface area contributed by atoms with Gasteiger partial charge in [0.2, 0.25) is 15.9 Å². The Labute approximate surface area is 164 Å². The van der Waals surface area contributed by atoms with Crippen LogP contribution < -0.4 is 9.62 Å². The number of carbonyl (C=O) groups excluding carboxylic acids is 1. The minimum absolute atomic E-state index is 0.156. The first-order chi connectivity index (χ1) is 13.4. The second-order valence-electron chi connectivity index (χ2n) is 7.47. The van der Waals surface area contributed by atoms with Gasteiger partial charge >= 0.3 is 0 Å². The molecule has 148 valence electrons. The van der Waals surface area contributed by atoms with Crippen LogP contribution in [0.1, 0.15) is 17.5 Å². The number of sulfonamides is 1. The van der Waals surface area contributed by atoms with Gasteiger partial charge in [0, 0.05) is 30.9 Å². The SMILES string of the molecule is CS(=O)(=O)N1C[C@@]2(CO[C@H](C(=O)NCCc3cccnc3)C2)c2ccccc21. The van der Waals surface area contributed by atoms with Crippen LogP contribution in [0.5, 0.6) is 0 Å². The van der Waals surface area contributed by atoms with E-state index in [0.29, 0.717) is 38.2 Å². The number of pyridine rings is 1. The first kappa shape index (κ1) is 18.9. The molecule has 2 aliphatic heterocycles. The lowest BCUT2D eigenvalue weighted by atomic mass is 9.80. The van der Waals surface area contributed by atoms with Crippen molar-refractivity contribution in [2.75, 3.05) is 30.3 Å². The summed E-state index contributed by atoms with van der Waals surface area (Å²) in [6, 6.07) is 11.3. The largest absolute Gasteiger partial charge is 0.367 e. The van der Waals surface area contributed by atoms with E-state index in [1.165, 1.54) is 10.6 Å². The molecule has 1 N–H and O–H groups in total. The Kier molecular flexibility index (Phi) is 4.84. The highest BCUT2D eigenvalue weighted by atomic mass is 32.2. The van der Waals surface area contributed by atoms with Crippen molar-refractivity contribution in [1.82, 2.24) is 10.3 Å². The molecule has 1 spiro atoms. The van der Waals surface area contributed by atoms with Gasteiger partial charge in [0.1, 0.15) is 6.10 Å². The van der Waals surface area contributed by atoms with Crippen molar-refractivity contribution in [3.63, 3.8) is 0 Å². The molecular formula is C20H23N3O4S. The number of ether oxygens (including phenoxy) is 1. The fraction of sp³-hybridized carbons (Fsp3) is 0.400. The average molecular weight is 401 g/mol. The van der Waals surface area contributed by atoms with E-state index in [-0.39, 0.29) is 5.91 Å². The molecule has 3 heterocycles. The van der Waals surface area contributed by atoms with Gasteiger partial charge in [0.15, 0.2) is 0 Å². The van der Waals surface area contributed by atoms with E-state index in [1.54, 1.807) is 12.4 Å². The topological polar surface area (TPSA) is 88.6 Å². The molecule has 0 aliphatic carbocycles. The Balaban J connectivity index is 1.44. The van der Waals surface area contributed by atoms with Crippen LogP contribution in [0.2, 0.25) is 0 Å². The molecule has 1 aromatic carbocycles. The van der Waals surface area contributed by atoms with Crippen molar-refractivity contribution in [1.29, 1.82) is 0 Å². The molecule has 8 heteroatoms. The van der Waals surface area contributed by atoms with Crippen LogP contribution in [-0.4, -0.2) is 51.4 Å². The minimum atomic E-state index is -3.39. The summed E-state index contributed by atoms with van der Waals surface area (Å²) < 4.78 is 31.7. The summed E-state index contributed by atoms with van der Waals surface area (Å²) in [5, 5.41) is 2.92. The highest BCUT2D eigenvalue weighted by molar-refractivity contribution is 7.92. The number of benzene rings is 1. The number of para-hydroxylation sites is 1. The molecule has 0 bridgehead atoms. The third-order valence-corrected chi connectivity index (χ3v) is 6.58. The molecule has 2 atom stereocenters. The van der Waals surface area contributed by atoms with E-state index in [2.05, 4.69) is 10.3 Å². The Morgan fingerprint density at radius 1 is 1.32 bits per heavy atom. The number of nitrogens with zero attached hydrogens (tertiary/aromatic N) is 2. The summed E-state index contributed by atoms with van der Waals surface area (Å²) in [5.41, 5.74) is 2.20. The molecule has 2 aromatic rings. The van der Waals surface area contributed by atoms with Gasteiger partial charge in [-0.2, -0.15) is 0 Å². The third-order valence-electron chi connectivity index (χ3n) is 5.46. The van der Waals surface area contributed by atoms with E-state index in [4.69, 9.17) is 4.74 Å². The lowest BCUT2D eigenvalue weighted by Gasteiger charge is -2.23. The fourth-order valence-corrected chi connectivity index (χ4v) is 5.07. The van der Waals surface area contributed by atoms with Gasteiger partial charge in [-0.25, -0.2) is 8.42 Å². The second-order valence-corrected chi connectivity index (χ2v) is 9.38. The van der Waals surface area contributed by atoms with Gasteiger partial charge < -0.3 is 10.1 Å². The average Bonchev–Trinajstić information content (AvgIpc) is 3.26. The molecular weight excluding hydrogens is 378 g/mol. The zero-order chi connectivity index (χ0) is 19.8. The van der Waals surface area contributed by atoms with Crippen molar-refractivity contribution < 1.29 is 17.9 Å². The summed E-state index contributed by atoms with van der Waals surface area (Å²) in [5.74, 6) is -0.156. The summed E-state index contributed by atoms with van der Waals surface area (Å²) in [6.45, 7) is 1.14. The zero-order valence-corrected chi connectivity index (χ0v) is 16.5. The number of nitrogens with one attached hydrogen (secondary N) is 1. The molecule has 1 aromatic heterocycles. The maximum Gasteiger partial charge on any atom is 0.249 e. The van der Waals surface area contributed by atoms with Gasteiger partial charge in [-0.1, -0.05) is 24.3 Å². The maximum atomic E-state index is 12.6. The fourth-order valence-electron chi connectivity index (χ4n) is 4.07. The first-order valence-electron chi connectivity index (χ1n) is 9.24. The Hall–Kier alpha value is -2.45.